The van der Waals surface area contributed by atoms with Crippen LogP contribution in [0.15, 0.2) is 12.7 Å². The molecular formula is C32H54N5O5PS. The molecule has 3 N–H and O–H groups in total. The summed E-state index contributed by atoms with van der Waals surface area (Å²) in [5, 5.41) is 4.64. The first-order chi connectivity index (χ1) is 21.1. The van der Waals surface area contributed by atoms with Gasteiger partial charge in [-0.3, -0.25) is 4.57 Å². The molecule has 12 heteroatoms. The van der Waals surface area contributed by atoms with E-state index in [1.165, 1.54) is 70.5 Å². The van der Waals surface area contributed by atoms with Crippen LogP contribution in [0.4, 0.5) is 5.82 Å². The van der Waals surface area contributed by atoms with E-state index in [1.54, 1.807) is 17.8 Å². The van der Waals surface area contributed by atoms with Crippen LogP contribution in [0.1, 0.15) is 90.4 Å². The molecule has 248 valence electrons. The Balaban J connectivity index is 0.927. The van der Waals surface area contributed by atoms with Crippen LogP contribution in [0.5, 0.6) is 0 Å². The lowest BCUT2D eigenvalue weighted by Crippen LogP contribution is -2.22. The molecule has 5 atom stereocenters. The van der Waals surface area contributed by atoms with E-state index < -0.39 is 24.0 Å². The summed E-state index contributed by atoms with van der Waals surface area (Å²) in [6.07, 6.45) is 23.8. The Kier molecular flexibility index (Phi) is 13.8. The van der Waals surface area contributed by atoms with Gasteiger partial charge in [-0.05, 0) is 63.4 Å². The highest BCUT2D eigenvalue weighted by molar-refractivity contribution is 8.37. The molecule has 4 rings (SSSR count). The molecule has 2 bridgehead atoms. The molecule has 0 spiro atoms. The van der Waals surface area contributed by atoms with Crippen molar-refractivity contribution in [3.63, 3.8) is 0 Å². The van der Waals surface area contributed by atoms with Crippen molar-refractivity contribution < 1.29 is 23.5 Å². The number of ether oxygens (including phenoxy) is 2. The van der Waals surface area contributed by atoms with Crippen molar-refractivity contribution in [2.75, 3.05) is 44.4 Å². The van der Waals surface area contributed by atoms with E-state index in [0.717, 1.165) is 36.3 Å². The predicted molar refractivity (Wildman–Crippen MR) is 180 cm³/mol. The molecule has 0 radical (unpaired) electrons. The molecule has 0 aromatic carbocycles. The number of unbranched alkanes of at least 4 members (excludes halogenated alkanes) is 8. The standard InChI is InChI=1S/C32H54N5O5PS/c1-26(22-37-24-36-30-31(33)34-23-35-32(30)37)41-25-43(38,39)42-18-17-40-16-12-10-8-6-4-5-7-9-11-13-19-44(2,3)29-21-27-14-15-28(29)20-27/h23-24,26-29H,4-12,14-18,20-22,25H2,1-3H3,(H,38,39)(H2,33,34,35)/t26-,27?,28?,29?/m1/s1. The van der Waals surface area contributed by atoms with E-state index in [-0.39, 0.29) is 19.3 Å². The largest absolute Gasteiger partial charge is 0.382 e. The van der Waals surface area contributed by atoms with Gasteiger partial charge in [0.15, 0.2) is 11.5 Å². The molecule has 2 aliphatic rings. The zero-order valence-electron chi connectivity index (χ0n) is 27.0. The summed E-state index contributed by atoms with van der Waals surface area (Å²) in [5.74, 6) is 5.85. The van der Waals surface area contributed by atoms with Crippen molar-refractivity contribution in [2.45, 2.75) is 108 Å². The SMILES string of the molecule is C[C@H](Cn1cnc2c(N)ncnc21)OCP(=O)(O)OCCOCCCCCCCCCCC#CS(C)(C)C1CC2CCC1C2. The number of hydrogen-bond donors (Lipinski definition) is 2. The molecule has 44 heavy (non-hydrogen) atoms. The smallest absolute Gasteiger partial charge is 0.353 e. The Morgan fingerprint density at radius 3 is 2.52 bits per heavy atom. The van der Waals surface area contributed by atoms with Crippen molar-refractivity contribution in [1.82, 2.24) is 19.5 Å². The van der Waals surface area contributed by atoms with Crippen LogP contribution >= 0.6 is 17.6 Å². The summed E-state index contributed by atoms with van der Waals surface area (Å²) in [6.45, 7) is 3.17. The summed E-state index contributed by atoms with van der Waals surface area (Å²) < 4.78 is 30.4. The van der Waals surface area contributed by atoms with Crippen LogP contribution in [0.25, 0.3) is 11.2 Å². The molecule has 4 unspecified atom stereocenters. The average Bonchev–Trinajstić information content (AvgIpc) is 3.73. The van der Waals surface area contributed by atoms with Crippen molar-refractivity contribution in [3.8, 4) is 11.2 Å². The monoisotopic (exact) mass is 651 g/mol. The minimum absolute atomic E-state index is 0.0542. The lowest BCUT2D eigenvalue weighted by molar-refractivity contribution is 0.0610. The Morgan fingerprint density at radius 1 is 1.05 bits per heavy atom. The highest BCUT2D eigenvalue weighted by atomic mass is 32.3. The number of aromatic nitrogens is 4. The fourth-order valence-corrected chi connectivity index (χ4v) is 10.1. The highest BCUT2D eigenvalue weighted by Crippen LogP contribution is 2.60. The van der Waals surface area contributed by atoms with Gasteiger partial charge in [0.2, 0.25) is 0 Å². The van der Waals surface area contributed by atoms with Gasteiger partial charge >= 0.3 is 7.60 Å². The molecule has 2 aliphatic carbocycles. The van der Waals surface area contributed by atoms with Crippen LogP contribution < -0.4 is 5.73 Å². The number of nitrogens with two attached hydrogens (primary N) is 1. The number of nitrogen functional groups attached to an aromatic ring is 1. The quantitative estimate of drug-likeness (QED) is 0.0909. The molecule has 2 saturated carbocycles. The number of nitrogens with zero attached hydrogens (tertiary/aromatic N) is 4. The van der Waals surface area contributed by atoms with E-state index in [4.69, 9.17) is 19.7 Å². The van der Waals surface area contributed by atoms with Crippen LogP contribution in [-0.4, -0.2) is 74.4 Å². The third-order valence-electron chi connectivity index (χ3n) is 9.03. The van der Waals surface area contributed by atoms with Crippen molar-refractivity contribution >= 4 is 34.6 Å². The Bertz CT molecular complexity index is 1280. The second-order valence-corrected chi connectivity index (χ2v) is 18.4. The maximum atomic E-state index is 12.3. The van der Waals surface area contributed by atoms with E-state index in [0.29, 0.717) is 30.1 Å². The lowest BCUT2D eigenvalue weighted by atomic mass is 10.0. The van der Waals surface area contributed by atoms with Gasteiger partial charge in [0.25, 0.3) is 0 Å². The summed E-state index contributed by atoms with van der Waals surface area (Å²) in [7, 11) is -4.62. The third-order valence-corrected chi connectivity index (χ3v) is 12.9. The molecule has 10 nitrogen and oxygen atoms in total. The van der Waals surface area contributed by atoms with Crippen molar-refractivity contribution in [2.24, 2.45) is 11.8 Å². The van der Waals surface area contributed by atoms with Gasteiger partial charge < -0.3 is 29.2 Å². The summed E-state index contributed by atoms with van der Waals surface area (Å²) in [4.78, 5) is 22.4. The van der Waals surface area contributed by atoms with Crippen LogP contribution in [0.3, 0.4) is 0 Å². The molecule has 2 heterocycles. The van der Waals surface area contributed by atoms with Gasteiger partial charge in [-0.2, -0.15) is 10.0 Å². The Labute approximate surface area is 265 Å². The van der Waals surface area contributed by atoms with E-state index >= 15 is 0 Å². The molecule has 0 saturated heterocycles. The molecule has 2 aromatic rings. The molecule has 2 aromatic heterocycles. The van der Waals surface area contributed by atoms with E-state index in [9.17, 15) is 9.46 Å². The van der Waals surface area contributed by atoms with Gasteiger partial charge in [0.1, 0.15) is 18.2 Å². The van der Waals surface area contributed by atoms with Crippen molar-refractivity contribution in [3.05, 3.63) is 12.7 Å². The zero-order chi connectivity index (χ0) is 31.4. The second kappa shape index (κ2) is 17.3. The maximum Gasteiger partial charge on any atom is 0.353 e. The van der Waals surface area contributed by atoms with Gasteiger partial charge in [-0.1, -0.05) is 56.1 Å². The molecule has 0 amide bonds. The van der Waals surface area contributed by atoms with Crippen LogP contribution in [0.2, 0.25) is 0 Å². The number of hydrogen-bond acceptors (Lipinski definition) is 8. The summed E-state index contributed by atoms with van der Waals surface area (Å²) in [6, 6.07) is 0. The second-order valence-electron chi connectivity index (χ2n) is 13.0. The van der Waals surface area contributed by atoms with Gasteiger partial charge in [-0.15, -0.1) is 0 Å². The number of fused-ring (bicyclic) bond motifs is 3. The fourth-order valence-electron chi connectivity index (χ4n) is 6.66. The zero-order valence-corrected chi connectivity index (χ0v) is 28.7. The number of rotatable bonds is 20. The first-order valence-electron chi connectivity index (χ1n) is 16.4. The number of imidazole rings is 1. The van der Waals surface area contributed by atoms with E-state index in [2.05, 4.69) is 38.6 Å². The maximum absolute atomic E-state index is 12.3. The normalized spacial score (nSPS) is 22.1. The Morgan fingerprint density at radius 2 is 1.80 bits per heavy atom. The van der Waals surface area contributed by atoms with Gasteiger partial charge in [0.05, 0.1) is 32.2 Å². The average molecular weight is 652 g/mol. The van der Waals surface area contributed by atoms with Gasteiger partial charge in [-0.25, -0.2) is 15.0 Å². The molecule has 2 fully saturated rings. The third kappa shape index (κ3) is 11.0. The van der Waals surface area contributed by atoms with Crippen LogP contribution in [-0.2, 0) is 25.1 Å². The first-order valence-corrected chi connectivity index (χ1v) is 20.7. The number of anilines is 1. The summed E-state index contributed by atoms with van der Waals surface area (Å²) in [5.41, 5.74) is 6.92. The lowest BCUT2D eigenvalue weighted by Gasteiger charge is -2.37. The Hall–Kier alpha value is -1.67. The topological polar surface area (TPSA) is 135 Å². The summed E-state index contributed by atoms with van der Waals surface area (Å²) >= 11 is 0. The van der Waals surface area contributed by atoms with Crippen LogP contribution in [0, 0.1) is 23.0 Å². The first kappa shape index (κ1) is 35.2. The van der Waals surface area contributed by atoms with Crippen molar-refractivity contribution in [1.29, 1.82) is 0 Å². The minimum atomic E-state index is -3.87. The minimum Gasteiger partial charge on any atom is -0.382 e. The molecular weight excluding hydrogens is 597 g/mol. The van der Waals surface area contributed by atoms with E-state index in [1.807, 2.05) is 0 Å². The predicted octanol–water partition coefficient (Wildman–Crippen LogP) is 6.71. The fraction of sp³-hybridized carbons (Fsp3) is 0.781. The molecule has 0 aliphatic heterocycles. The highest BCUT2D eigenvalue weighted by Gasteiger charge is 2.44. The van der Waals surface area contributed by atoms with Gasteiger partial charge in [0, 0.05) is 18.3 Å².